The molecule has 0 aromatic carbocycles. The van der Waals surface area contributed by atoms with Gasteiger partial charge in [-0.25, -0.2) is 0 Å². The van der Waals surface area contributed by atoms with Crippen molar-refractivity contribution < 1.29 is 4.74 Å². The second-order valence-corrected chi connectivity index (χ2v) is 2.78. The molecule has 0 bridgehead atoms. The Bertz CT molecular complexity index is 78.4. The summed E-state index contributed by atoms with van der Waals surface area (Å²) in [6.07, 6.45) is 4.91. The standard InChI is InChI=1S/C8H18O.C2H3Cl.C2H4/c1-3-5-7-9-8-6-4-2;1-2-3;1-2/h3-8H2,1-2H3;2H,1H2;1-2H2. The van der Waals surface area contributed by atoms with E-state index in [1.54, 1.807) is 0 Å². The lowest BCUT2D eigenvalue weighted by molar-refractivity contribution is 0.128. The zero-order valence-corrected chi connectivity index (χ0v) is 10.5. The molecular formula is C12H25ClO. The summed E-state index contributed by atoms with van der Waals surface area (Å²) in [5.74, 6) is 0. The molecule has 0 saturated carbocycles. The third-order valence-electron chi connectivity index (χ3n) is 1.28. The van der Waals surface area contributed by atoms with Gasteiger partial charge in [-0.2, -0.15) is 0 Å². The van der Waals surface area contributed by atoms with E-state index in [-0.39, 0.29) is 0 Å². The Balaban J connectivity index is -0.000000205. The predicted octanol–water partition coefficient (Wildman–Crippen LogP) is 4.77. The van der Waals surface area contributed by atoms with E-state index < -0.39 is 0 Å². The molecule has 0 unspecified atom stereocenters. The van der Waals surface area contributed by atoms with Crippen LogP contribution in [-0.4, -0.2) is 13.2 Å². The second-order valence-electron chi connectivity index (χ2n) is 2.47. The maximum Gasteiger partial charge on any atom is 0.0465 e. The summed E-state index contributed by atoms with van der Waals surface area (Å²) in [6, 6.07) is 0. The summed E-state index contributed by atoms with van der Waals surface area (Å²) in [5, 5.41) is 0. The molecule has 0 N–H and O–H groups in total. The maximum atomic E-state index is 5.31. The summed E-state index contributed by atoms with van der Waals surface area (Å²) in [6.45, 7) is 15.4. The van der Waals surface area contributed by atoms with Crippen LogP contribution in [0, 0.1) is 0 Å². The van der Waals surface area contributed by atoms with Crippen molar-refractivity contribution in [2.24, 2.45) is 0 Å². The number of ether oxygens (including phenoxy) is 1. The van der Waals surface area contributed by atoms with Gasteiger partial charge in [0.1, 0.15) is 0 Å². The fraction of sp³-hybridized carbons (Fsp3) is 0.667. The van der Waals surface area contributed by atoms with E-state index in [4.69, 9.17) is 16.3 Å². The molecule has 0 aliphatic rings. The van der Waals surface area contributed by atoms with Crippen molar-refractivity contribution in [3.63, 3.8) is 0 Å². The molecule has 0 aliphatic heterocycles. The van der Waals surface area contributed by atoms with Crippen LogP contribution in [0.2, 0.25) is 0 Å². The maximum absolute atomic E-state index is 5.31. The van der Waals surface area contributed by atoms with Crippen LogP contribution in [0.25, 0.3) is 0 Å². The fourth-order valence-electron chi connectivity index (χ4n) is 0.595. The lowest BCUT2D eigenvalue weighted by Crippen LogP contribution is -1.95. The van der Waals surface area contributed by atoms with Gasteiger partial charge in [0.05, 0.1) is 0 Å². The van der Waals surface area contributed by atoms with Gasteiger partial charge < -0.3 is 4.74 Å². The molecule has 0 aliphatic carbocycles. The van der Waals surface area contributed by atoms with Crippen molar-refractivity contribution >= 4 is 11.6 Å². The van der Waals surface area contributed by atoms with E-state index in [1.165, 1.54) is 31.2 Å². The number of unbranched alkanes of at least 4 members (excludes halogenated alkanes) is 2. The van der Waals surface area contributed by atoms with Gasteiger partial charge in [0.15, 0.2) is 0 Å². The molecule has 0 aromatic heterocycles. The van der Waals surface area contributed by atoms with Gasteiger partial charge in [0.25, 0.3) is 0 Å². The monoisotopic (exact) mass is 220 g/mol. The van der Waals surface area contributed by atoms with E-state index in [2.05, 4.69) is 33.6 Å². The van der Waals surface area contributed by atoms with Crippen LogP contribution in [0.4, 0.5) is 0 Å². The van der Waals surface area contributed by atoms with Crippen LogP contribution in [0.3, 0.4) is 0 Å². The van der Waals surface area contributed by atoms with E-state index in [1.807, 2.05) is 0 Å². The Hall–Kier alpha value is -0.270. The van der Waals surface area contributed by atoms with Crippen LogP contribution >= 0.6 is 11.6 Å². The topological polar surface area (TPSA) is 9.23 Å². The Morgan fingerprint density at radius 1 is 1.07 bits per heavy atom. The van der Waals surface area contributed by atoms with Crippen molar-refractivity contribution in [3.8, 4) is 0 Å². The lowest BCUT2D eigenvalue weighted by atomic mass is 10.3. The van der Waals surface area contributed by atoms with Crippen LogP contribution in [0.1, 0.15) is 39.5 Å². The normalized spacial score (nSPS) is 7.64. The molecule has 0 saturated heterocycles. The Kier molecular flexibility index (Phi) is 40.5. The number of hydrogen-bond acceptors (Lipinski definition) is 1. The Labute approximate surface area is 94.8 Å². The summed E-state index contributed by atoms with van der Waals surface area (Å²) < 4.78 is 5.31. The van der Waals surface area contributed by atoms with Gasteiger partial charge >= 0.3 is 0 Å². The molecule has 0 aromatic rings. The summed E-state index contributed by atoms with van der Waals surface area (Å²) in [4.78, 5) is 0. The third kappa shape index (κ3) is 41.1. The van der Waals surface area contributed by atoms with Crippen molar-refractivity contribution in [2.75, 3.05) is 13.2 Å². The first-order valence-electron chi connectivity index (χ1n) is 5.12. The molecule has 0 radical (unpaired) electrons. The molecule has 0 spiro atoms. The minimum atomic E-state index is 0.955. The molecule has 0 amide bonds. The Morgan fingerprint density at radius 2 is 1.36 bits per heavy atom. The molecule has 2 heteroatoms. The summed E-state index contributed by atoms with van der Waals surface area (Å²) >= 11 is 4.76. The highest BCUT2D eigenvalue weighted by molar-refractivity contribution is 6.25. The van der Waals surface area contributed by atoms with Crippen molar-refractivity contribution in [3.05, 3.63) is 25.3 Å². The average molecular weight is 221 g/mol. The van der Waals surface area contributed by atoms with E-state index >= 15 is 0 Å². The highest BCUT2D eigenvalue weighted by Gasteiger charge is 1.84. The van der Waals surface area contributed by atoms with Crippen molar-refractivity contribution in [1.29, 1.82) is 0 Å². The zero-order valence-electron chi connectivity index (χ0n) is 9.73. The molecule has 0 rings (SSSR count). The largest absolute Gasteiger partial charge is 0.381 e. The SMILES string of the molecule is C=C.C=CCl.CCCCOCCCC. The molecule has 1 nitrogen and oxygen atoms in total. The molecule has 0 fully saturated rings. The number of halogens is 1. The number of rotatable bonds is 6. The van der Waals surface area contributed by atoms with Gasteiger partial charge in [-0.3, -0.25) is 0 Å². The van der Waals surface area contributed by atoms with Gasteiger partial charge in [0.2, 0.25) is 0 Å². The van der Waals surface area contributed by atoms with Crippen LogP contribution in [-0.2, 0) is 4.74 Å². The van der Waals surface area contributed by atoms with Gasteiger partial charge in [0, 0.05) is 13.2 Å². The van der Waals surface area contributed by atoms with Crippen LogP contribution < -0.4 is 0 Å². The van der Waals surface area contributed by atoms with E-state index in [0.717, 1.165) is 13.2 Å². The van der Waals surface area contributed by atoms with Crippen molar-refractivity contribution in [2.45, 2.75) is 39.5 Å². The first-order valence-corrected chi connectivity index (χ1v) is 5.55. The Morgan fingerprint density at radius 3 is 1.57 bits per heavy atom. The minimum absolute atomic E-state index is 0.955. The van der Waals surface area contributed by atoms with E-state index in [9.17, 15) is 0 Å². The molecule has 86 valence electrons. The van der Waals surface area contributed by atoms with Crippen LogP contribution in [0.5, 0.6) is 0 Å². The first kappa shape index (κ1) is 19.3. The predicted molar refractivity (Wildman–Crippen MR) is 67.9 cm³/mol. The second kappa shape index (κ2) is 29.3. The first-order chi connectivity index (χ1) is 6.83. The molecular weight excluding hydrogens is 196 g/mol. The van der Waals surface area contributed by atoms with Crippen LogP contribution in [0.15, 0.2) is 25.3 Å². The van der Waals surface area contributed by atoms with E-state index in [0.29, 0.717) is 0 Å². The van der Waals surface area contributed by atoms with Gasteiger partial charge in [-0.15, -0.1) is 13.2 Å². The smallest absolute Gasteiger partial charge is 0.0465 e. The highest BCUT2D eigenvalue weighted by Crippen LogP contribution is 1.91. The summed E-state index contributed by atoms with van der Waals surface area (Å²) in [7, 11) is 0. The molecule has 14 heavy (non-hydrogen) atoms. The molecule has 0 heterocycles. The fourth-order valence-corrected chi connectivity index (χ4v) is 0.595. The lowest BCUT2D eigenvalue weighted by Gasteiger charge is -1.99. The zero-order chi connectivity index (χ0) is 11.7. The molecule has 0 atom stereocenters. The quantitative estimate of drug-likeness (QED) is 0.463. The number of hydrogen-bond donors (Lipinski definition) is 0. The summed E-state index contributed by atoms with van der Waals surface area (Å²) in [5.41, 5.74) is 1.22. The minimum Gasteiger partial charge on any atom is -0.381 e. The highest BCUT2D eigenvalue weighted by atomic mass is 35.5. The average Bonchev–Trinajstić information content (AvgIpc) is 2.22. The van der Waals surface area contributed by atoms with Crippen molar-refractivity contribution in [1.82, 2.24) is 0 Å². The third-order valence-corrected chi connectivity index (χ3v) is 1.28. The van der Waals surface area contributed by atoms with Gasteiger partial charge in [-0.1, -0.05) is 44.9 Å². The van der Waals surface area contributed by atoms with Gasteiger partial charge in [-0.05, 0) is 18.4 Å².